The lowest BCUT2D eigenvalue weighted by molar-refractivity contribution is 0.391. The van der Waals surface area contributed by atoms with Crippen LogP contribution in [0.5, 0.6) is 17.2 Å². The summed E-state index contributed by atoms with van der Waals surface area (Å²) in [5.74, 6) is 1.91. The van der Waals surface area contributed by atoms with Crippen molar-refractivity contribution in [1.82, 2.24) is 5.32 Å². The van der Waals surface area contributed by atoms with Crippen LogP contribution in [0.1, 0.15) is 24.1 Å². The van der Waals surface area contributed by atoms with Crippen LogP contribution in [0, 0.1) is 0 Å². The van der Waals surface area contributed by atoms with E-state index in [2.05, 4.69) is 12.2 Å². The zero-order valence-electron chi connectivity index (χ0n) is 12.6. The van der Waals surface area contributed by atoms with Crippen LogP contribution in [-0.4, -0.2) is 19.3 Å². The first-order valence-corrected chi connectivity index (χ1v) is 6.88. The van der Waals surface area contributed by atoms with E-state index >= 15 is 0 Å². The number of nitrogens with one attached hydrogen (secondary N) is 1. The molecule has 21 heavy (non-hydrogen) atoms. The molecule has 0 saturated heterocycles. The first-order chi connectivity index (χ1) is 10.2. The number of hydrogen-bond donors (Lipinski definition) is 2. The Morgan fingerprint density at radius 3 is 2.52 bits per heavy atom. The minimum atomic E-state index is 0.0645. The molecule has 1 atom stereocenters. The van der Waals surface area contributed by atoms with Crippen molar-refractivity contribution in [2.24, 2.45) is 0 Å². The summed E-state index contributed by atoms with van der Waals surface area (Å²) in [6.07, 6.45) is 0. The van der Waals surface area contributed by atoms with Gasteiger partial charge in [-0.1, -0.05) is 18.2 Å². The highest BCUT2D eigenvalue weighted by molar-refractivity contribution is 5.42. The molecule has 112 valence electrons. The Kier molecular flexibility index (Phi) is 5.06. The Morgan fingerprint density at radius 2 is 1.86 bits per heavy atom. The maximum absolute atomic E-state index is 9.79. The molecule has 0 aliphatic heterocycles. The molecular formula is C17H21NO3. The van der Waals surface area contributed by atoms with Crippen LogP contribution < -0.4 is 14.8 Å². The Bertz CT molecular complexity index is 598. The number of ether oxygens (including phenoxy) is 2. The molecular weight excluding hydrogens is 266 g/mol. The summed E-state index contributed by atoms with van der Waals surface area (Å²) in [6, 6.07) is 13.1. The van der Waals surface area contributed by atoms with Gasteiger partial charge in [-0.2, -0.15) is 0 Å². The van der Waals surface area contributed by atoms with Crippen LogP contribution in [0.15, 0.2) is 42.5 Å². The summed E-state index contributed by atoms with van der Waals surface area (Å²) in [5.41, 5.74) is 1.89. The SMILES string of the molecule is COc1ccc(OC)c(C(C)NCc2ccccc2O)c1. The molecule has 0 aliphatic carbocycles. The maximum atomic E-state index is 9.79. The fraction of sp³-hybridized carbons (Fsp3) is 0.294. The summed E-state index contributed by atoms with van der Waals surface area (Å²) in [7, 11) is 3.30. The van der Waals surface area contributed by atoms with Crippen LogP contribution in [-0.2, 0) is 6.54 Å². The standard InChI is InChI=1S/C17H21NO3/c1-12(18-11-13-6-4-5-7-16(13)19)15-10-14(20-2)8-9-17(15)21-3/h4-10,12,18-19H,11H2,1-3H3. The average Bonchev–Trinajstić information content (AvgIpc) is 2.53. The van der Waals surface area contributed by atoms with Crippen molar-refractivity contribution >= 4 is 0 Å². The van der Waals surface area contributed by atoms with E-state index in [1.54, 1.807) is 20.3 Å². The van der Waals surface area contributed by atoms with Crippen molar-refractivity contribution in [3.8, 4) is 17.2 Å². The summed E-state index contributed by atoms with van der Waals surface area (Å²) in [6.45, 7) is 2.63. The van der Waals surface area contributed by atoms with Crippen LogP contribution in [0.4, 0.5) is 0 Å². The molecule has 0 spiro atoms. The first kappa shape index (κ1) is 15.2. The van der Waals surface area contributed by atoms with Gasteiger partial charge in [0, 0.05) is 23.7 Å². The molecule has 2 aromatic rings. The Hall–Kier alpha value is -2.20. The number of methoxy groups -OCH3 is 2. The van der Waals surface area contributed by atoms with Gasteiger partial charge in [-0.05, 0) is 31.2 Å². The van der Waals surface area contributed by atoms with E-state index in [9.17, 15) is 5.11 Å². The van der Waals surface area contributed by atoms with Gasteiger partial charge in [0.15, 0.2) is 0 Å². The van der Waals surface area contributed by atoms with Gasteiger partial charge in [-0.3, -0.25) is 0 Å². The number of para-hydroxylation sites is 1. The molecule has 0 amide bonds. The topological polar surface area (TPSA) is 50.7 Å². The summed E-state index contributed by atoms with van der Waals surface area (Å²) in [4.78, 5) is 0. The highest BCUT2D eigenvalue weighted by Gasteiger charge is 2.13. The molecule has 1 unspecified atom stereocenters. The summed E-state index contributed by atoms with van der Waals surface area (Å²) < 4.78 is 10.7. The highest BCUT2D eigenvalue weighted by Crippen LogP contribution is 2.29. The number of aromatic hydroxyl groups is 1. The number of benzene rings is 2. The second-order valence-electron chi connectivity index (χ2n) is 4.84. The summed E-state index contributed by atoms with van der Waals surface area (Å²) in [5, 5.41) is 13.2. The van der Waals surface area contributed by atoms with Gasteiger partial charge in [0.2, 0.25) is 0 Å². The molecule has 0 aliphatic rings. The van der Waals surface area contributed by atoms with Gasteiger partial charge < -0.3 is 19.9 Å². The number of phenolic OH excluding ortho intramolecular Hbond substituents is 1. The predicted octanol–water partition coefficient (Wildman–Crippen LogP) is 3.26. The molecule has 0 saturated carbocycles. The zero-order chi connectivity index (χ0) is 15.2. The summed E-state index contributed by atoms with van der Waals surface area (Å²) >= 11 is 0. The normalized spacial score (nSPS) is 12.0. The Labute approximate surface area is 125 Å². The van der Waals surface area contributed by atoms with E-state index in [1.807, 2.05) is 36.4 Å². The Balaban J connectivity index is 2.13. The monoisotopic (exact) mass is 287 g/mol. The van der Waals surface area contributed by atoms with Gasteiger partial charge in [0.25, 0.3) is 0 Å². The van der Waals surface area contributed by atoms with Gasteiger partial charge in [0.1, 0.15) is 17.2 Å². The Morgan fingerprint density at radius 1 is 1.10 bits per heavy atom. The third kappa shape index (κ3) is 3.67. The lowest BCUT2D eigenvalue weighted by atomic mass is 10.1. The van der Waals surface area contributed by atoms with Crippen molar-refractivity contribution < 1.29 is 14.6 Å². The van der Waals surface area contributed by atoms with E-state index in [0.717, 1.165) is 22.6 Å². The maximum Gasteiger partial charge on any atom is 0.123 e. The average molecular weight is 287 g/mol. The van der Waals surface area contributed by atoms with E-state index in [4.69, 9.17) is 9.47 Å². The third-order valence-corrected chi connectivity index (χ3v) is 3.49. The zero-order valence-corrected chi connectivity index (χ0v) is 12.6. The van der Waals surface area contributed by atoms with Crippen LogP contribution >= 0.6 is 0 Å². The van der Waals surface area contributed by atoms with E-state index in [0.29, 0.717) is 12.3 Å². The minimum absolute atomic E-state index is 0.0645. The minimum Gasteiger partial charge on any atom is -0.508 e. The molecule has 0 radical (unpaired) electrons. The number of rotatable bonds is 6. The molecule has 4 heteroatoms. The van der Waals surface area contributed by atoms with Crippen molar-refractivity contribution in [3.05, 3.63) is 53.6 Å². The molecule has 0 aromatic heterocycles. The van der Waals surface area contributed by atoms with Crippen LogP contribution in [0.3, 0.4) is 0 Å². The van der Waals surface area contributed by atoms with Gasteiger partial charge >= 0.3 is 0 Å². The lowest BCUT2D eigenvalue weighted by Gasteiger charge is -2.18. The first-order valence-electron chi connectivity index (χ1n) is 6.88. The van der Waals surface area contributed by atoms with E-state index in [1.165, 1.54) is 0 Å². The number of hydrogen-bond acceptors (Lipinski definition) is 4. The predicted molar refractivity (Wildman–Crippen MR) is 82.9 cm³/mol. The van der Waals surface area contributed by atoms with Crippen LogP contribution in [0.25, 0.3) is 0 Å². The third-order valence-electron chi connectivity index (χ3n) is 3.49. The van der Waals surface area contributed by atoms with E-state index < -0.39 is 0 Å². The largest absolute Gasteiger partial charge is 0.508 e. The van der Waals surface area contributed by atoms with Gasteiger partial charge in [-0.15, -0.1) is 0 Å². The van der Waals surface area contributed by atoms with Crippen molar-refractivity contribution in [2.75, 3.05) is 14.2 Å². The smallest absolute Gasteiger partial charge is 0.123 e. The second kappa shape index (κ2) is 6.99. The molecule has 0 bridgehead atoms. The van der Waals surface area contributed by atoms with Crippen molar-refractivity contribution in [3.63, 3.8) is 0 Å². The number of phenols is 1. The fourth-order valence-corrected chi connectivity index (χ4v) is 2.21. The molecule has 0 fully saturated rings. The second-order valence-corrected chi connectivity index (χ2v) is 4.84. The molecule has 4 nitrogen and oxygen atoms in total. The van der Waals surface area contributed by atoms with Crippen LogP contribution in [0.2, 0.25) is 0 Å². The van der Waals surface area contributed by atoms with Gasteiger partial charge in [0.05, 0.1) is 14.2 Å². The van der Waals surface area contributed by atoms with Crippen molar-refractivity contribution in [2.45, 2.75) is 19.5 Å². The molecule has 2 aromatic carbocycles. The fourth-order valence-electron chi connectivity index (χ4n) is 2.21. The van der Waals surface area contributed by atoms with Gasteiger partial charge in [-0.25, -0.2) is 0 Å². The highest BCUT2D eigenvalue weighted by atomic mass is 16.5. The quantitative estimate of drug-likeness (QED) is 0.856. The molecule has 2 N–H and O–H groups in total. The lowest BCUT2D eigenvalue weighted by Crippen LogP contribution is -2.18. The van der Waals surface area contributed by atoms with Crippen molar-refractivity contribution in [1.29, 1.82) is 0 Å². The van der Waals surface area contributed by atoms with E-state index in [-0.39, 0.29) is 6.04 Å². The molecule has 0 heterocycles. The molecule has 2 rings (SSSR count).